The lowest BCUT2D eigenvalue weighted by Crippen LogP contribution is -2.35. The van der Waals surface area contributed by atoms with Gasteiger partial charge in [-0.25, -0.2) is 4.98 Å². The minimum Gasteiger partial charge on any atom is -0.448 e. The lowest BCUT2D eigenvalue weighted by atomic mass is 9.61. The van der Waals surface area contributed by atoms with Crippen molar-refractivity contribution in [1.29, 1.82) is 0 Å². The van der Waals surface area contributed by atoms with Crippen molar-refractivity contribution in [3.8, 4) is 0 Å². The molecule has 5 heteroatoms. The van der Waals surface area contributed by atoms with Gasteiger partial charge >= 0.3 is 0 Å². The molecule has 0 aliphatic heterocycles. The second kappa shape index (κ2) is 10.3. The fourth-order valence-electron chi connectivity index (χ4n) is 7.68. The third kappa shape index (κ3) is 4.95. The quantitative estimate of drug-likeness (QED) is 0.396. The summed E-state index contributed by atoms with van der Waals surface area (Å²) < 4.78 is 5.75. The number of aliphatic hydroxyl groups excluding tert-OH is 3. The fourth-order valence-corrected chi connectivity index (χ4v) is 7.68. The highest BCUT2D eigenvalue weighted by molar-refractivity contribution is 5.38. The van der Waals surface area contributed by atoms with Crippen molar-refractivity contribution in [2.24, 2.45) is 23.2 Å². The minimum atomic E-state index is -0.643. The van der Waals surface area contributed by atoms with E-state index in [9.17, 15) is 15.3 Å². The Labute approximate surface area is 222 Å². The molecule has 3 N–H and O–H groups in total. The maximum absolute atomic E-state index is 11.1. The van der Waals surface area contributed by atoms with Crippen molar-refractivity contribution >= 4 is 0 Å². The van der Waals surface area contributed by atoms with E-state index >= 15 is 0 Å². The molecule has 5 nitrogen and oxygen atoms in total. The van der Waals surface area contributed by atoms with Crippen LogP contribution in [0.25, 0.3) is 0 Å². The zero-order valence-corrected chi connectivity index (χ0v) is 22.8. The zero-order chi connectivity index (χ0) is 26.4. The van der Waals surface area contributed by atoms with E-state index in [0.29, 0.717) is 36.5 Å². The van der Waals surface area contributed by atoms with Gasteiger partial charge in [-0.2, -0.15) is 0 Å². The molecule has 202 valence electrons. The summed E-state index contributed by atoms with van der Waals surface area (Å²) in [5, 5.41) is 31.4. The molecule has 4 fully saturated rings. The van der Waals surface area contributed by atoms with Gasteiger partial charge in [0.1, 0.15) is 6.26 Å². The third-order valence-corrected chi connectivity index (χ3v) is 10.2. The molecular formula is C32H45NO4. The monoisotopic (exact) mass is 507 g/mol. The number of hydrogen-bond acceptors (Lipinski definition) is 5. The summed E-state index contributed by atoms with van der Waals surface area (Å²) in [7, 11) is 0. The number of fused-ring (bicyclic) bond motifs is 1. The van der Waals surface area contributed by atoms with Crippen LogP contribution >= 0.6 is 0 Å². The first-order valence-corrected chi connectivity index (χ1v) is 14.4. The first-order valence-electron chi connectivity index (χ1n) is 14.4. The van der Waals surface area contributed by atoms with Crippen LogP contribution in [0.15, 0.2) is 58.3 Å². The van der Waals surface area contributed by atoms with E-state index in [1.165, 1.54) is 31.3 Å². The van der Waals surface area contributed by atoms with Crippen molar-refractivity contribution < 1.29 is 19.7 Å². The van der Waals surface area contributed by atoms with Crippen molar-refractivity contribution in [2.45, 2.75) is 109 Å². The highest BCUT2D eigenvalue weighted by atomic mass is 16.3. The van der Waals surface area contributed by atoms with Gasteiger partial charge in [0.25, 0.3) is 0 Å². The zero-order valence-electron chi connectivity index (χ0n) is 22.8. The number of hydrogen-bond donors (Lipinski definition) is 3. The molecule has 0 spiro atoms. The standard InChI is InChI=1S/C32H45NO4/c1-5-24-19-37-30(33-24)32(15-16-32)29(36)13-8-20(2)26-11-12-27-22(7-6-14-31(26,27)4)9-10-23-17-25(34)18-28(35)21(23)3/h8-10,13,19-20,25-29,34-36H,3,5-7,11-12,14-18H2,1-2,4H3/t20-,25-,26-,27+,28+,29-,31-/m1/s1. The van der Waals surface area contributed by atoms with Crippen molar-refractivity contribution in [3.05, 3.63) is 65.5 Å². The molecule has 0 amide bonds. The summed E-state index contributed by atoms with van der Waals surface area (Å²) in [6.07, 6.45) is 18.3. The lowest BCUT2D eigenvalue weighted by Gasteiger charge is -2.44. The number of allylic oxidation sites excluding steroid dienone is 4. The highest BCUT2D eigenvalue weighted by Crippen LogP contribution is 2.60. The van der Waals surface area contributed by atoms with Gasteiger partial charge in [0.15, 0.2) is 0 Å². The van der Waals surface area contributed by atoms with Crippen LogP contribution in [-0.4, -0.2) is 38.6 Å². The molecule has 1 heterocycles. The summed E-state index contributed by atoms with van der Waals surface area (Å²) in [5.74, 6) is 2.22. The van der Waals surface area contributed by atoms with Gasteiger partial charge in [-0.1, -0.05) is 57.2 Å². The molecule has 4 saturated carbocycles. The summed E-state index contributed by atoms with van der Waals surface area (Å²) in [5.41, 5.74) is 4.10. The van der Waals surface area contributed by atoms with Gasteiger partial charge in [0, 0.05) is 6.42 Å². The number of oxazole rings is 1. The summed E-state index contributed by atoms with van der Waals surface area (Å²) >= 11 is 0. The summed E-state index contributed by atoms with van der Waals surface area (Å²) in [4.78, 5) is 4.62. The average Bonchev–Trinajstić information content (AvgIpc) is 3.39. The number of aryl methyl sites for hydroxylation is 1. The molecule has 1 aromatic heterocycles. The van der Waals surface area contributed by atoms with E-state index in [1.54, 1.807) is 6.26 Å². The van der Waals surface area contributed by atoms with Gasteiger partial charge in [-0.15, -0.1) is 0 Å². The summed E-state index contributed by atoms with van der Waals surface area (Å²) in [6, 6.07) is 0. The van der Waals surface area contributed by atoms with Crippen LogP contribution < -0.4 is 0 Å². The SMILES string of the molecule is C=C1C(=CC=C2CCC[C@]3(C)[C@@H]([C@H](C)C=C[C@@H](O)C4(c5nc(CC)co5)CC4)CC[C@@H]23)C[C@@H](O)C[C@@H]1O. The smallest absolute Gasteiger partial charge is 0.203 e. The summed E-state index contributed by atoms with van der Waals surface area (Å²) in [6.45, 7) is 10.9. The predicted octanol–water partition coefficient (Wildman–Crippen LogP) is 5.96. The van der Waals surface area contributed by atoms with E-state index in [-0.39, 0.29) is 10.8 Å². The topological polar surface area (TPSA) is 86.7 Å². The first-order chi connectivity index (χ1) is 17.7. The van der Waals surface area contributed by atoms with Gasteiger partial charge in [-0.3, -0.25) is 0 Å². The number of nitrogens with zero attached hydrogens (tertiary/aromatic N) is 1. The molecule has 7 atom stereocenters. The number of aromatic nitrogens is 1. The van der Waals surface area contributed by atoms with Crippen LogP contribution in [-0.2, 0) is 11.8 Å². The van der Waals surface area contributed by atoms with Crippen LogP contribution in [0.3, 0.4) is 0 Å². The Balaban J connectivity index is 1.28. The molecule has 0 unspecified atom stereocenters. The maximum atomic E-state index is 11.1. The van der Waals surface area contributed by atoms with Gasteiger partial charge in [-0.05, 0) is 92.1 Å². The van der Waals surface area contributed by atoms with Crippen LogP contribution in [0.5, 0.6) is 0 Å². The Morgan fingerprint density at radius 1 is 1.19 bits per heavy atom. The predicted molar refractivity (Wildman–Crippen MR) is 146 cm³/mol. The molecule has 5 rings (SSSR count). The highest BCUT2D eigenvalue weighted by Gasteiger charge is 2.54. The Hall–Kier alpha value is -1.95. The molecule has 1 aromatic rings. The molecular weight excluding hydrogens is 462 g/mol. The van der Waals surface area contributed by atoms with E-state index in [4.69, 9.17) is 4.42 Å². The Bertz CT molecular complexity index is 1090. The second-order valence-corrected chi connectivity index (χ2v) is 12.5. The average molecular weight is 508 g/mol. The van der Waals surface area contributed by atoms with Crippen LogP contribution in [0, 0.1) is 23.2 Å². The van der Waals surface area contributed by atoms with E-state index in [0.717, 1.165) is 42.5 Å². The Kier molecular flexibility index (Phi) is 7.43. The van der Waals surface area contributed by atoms with Crippen molar-refractivity contribution in [1.82, 2.24) is 4.98 Å². The maximum Gasteiger partial charge on any atom is 0.203 e. The van der Waals surface area contributed by atoms with Crippen LogP contribution in [0.2, 0.25) is 0 Å². The van der Waals surface area contributed by atoms with E-state index in [1.807, 2.05) is 6.08 Å². The Morgan fingerprint density at radius 2 is 1.97 bits per heavy atom. The molecule has 4 aliphatic carbocycles. The molecule has 0 radical (unpaired) electrons. The number of rotatable bonds is 7. The Morgan fingerprint density at radius 3 is 2.68 bits per heavy atom. The van der Waals surface area contributed by atoms with E-state index < -0.39 is 18.3 Å². The van der Waals surface area contributed by atoms with Gasteiger partial charge < -0.3 is 19.7 Å². The van der Waals surface area contributed by atoms with Gasteiger partial charge in [0.05, 0.1) is 29.4 Å². The molecule has 0 saturated heterocycles. The minimum absolute atomic E-state index is 0.246. The largest absolute Gasteiger partial charge is 0.448 e. The van der Waals surface area contributed by atoms with Crippen LogP contribution in [0.4, 0.5) is 0 Å². The molecule has 37 heavy (non-hydrogen) atoms. The lowest BCUT2D eigenvalue weighted by molar-refractivity contribution is 0.0862. The molecule has 4 aliphatic rings. The molecule has 0 bridgehead atoms. The van der Waals surface area contributed by atoms with Crippen molar-refractivity contribution in [2.75, 3.05) is 0 Å². The fraction of sp³-hybridized carbons (Fsp3) is 0.656. The van der Waals surface area contributed by atoms with Crippen LogP contribution in [0.1, 0.15) is 90.1 Å². The van der Waals surface area contributed by atoms with E-state index in [2.05, 4.69) is 50.6 Å². The van der Waals surface area contributed by atoms with Crippen molar-refractivity contribution in [3.63, 3.8) is 0 Å². The third-order valence-electron chi connectivity index (χ3n) is 10.2. The number of aliphatic hydroxyl groups is 3. The first kappa shape index (κ1) is 26.6. The van der Waals surface area contributed by atoms with Gasteiger partial charge in [0.2, 0.25) is 5.89 Å². The normalized spacial score (nSPS) is 37.3. The molecule has 0 aromatic carbocycles. The second-order valence-electron chi connectivity index (χ2n) is 12.5.